The molecule has 0 saturated heterocycles. The van der Waals surface area contributed by atoms with E-state index in [1.807, 2.05) is 6.92 Å². The normalized spacial score (nSPS) is 12.4. The predicted octanol–water partition coefficient (Wildman–Crippen LogP) is 0.196. The number of aromatic nitrogens is 2. The first-order valence-electron chi connectivity index (χ1n) is 5.22. The first kappa shape index (κ1) is 11.7. The Kier molecular flexibility index (Phi) is 4.83. The molecule has 0 aliphatic rings. The van der Waals surface area contributed by atoms with Gasteiger partial charge in [-0.15, -0.1) is 0 Å². The highest BCUT2D eigenvalue weighted by atomic mass is 16.1. The highest BCUT2D eigenvalue weighted by Gasteiger charge is 2.06. The Labute approximate surface area is 89.5 Å². The van der Waals surface area contributed by atoms with Gasteiger partial charge in [0.2, 0.25) is 5.91 Å². The fraction of sp³-hybridized carbons (Fsp3) is 0.600. The van der Waals surface area contributed by atoms with Crippen molar-refractivity contribution in [3.05, 3.63) is 18.2 Å². The van der Waals surface area contributed by atoms with Crippen LogP contribution in [0.15, 0.2) is 12.5 Å². The van der Waals surface area contributed by atoms with Crippen LogP contribution >= 0.6 is 0 Å². The summed E-state index contributed by atoms with van der Waals surface area (Å²) in [6.45, 7) is 2.60. The summed E-state index contributed by atoms with van der Waals surface area (Å²) in [6, 6.07) is -0.0304. The summed E-state index contributed by atoms with van der Waals surface area (Å²) in [7, 11) is 0. The summed E-state index contributed by atoms with van der Waals surface area (Å²) in [6.07, 6.45) is 5.38. The lowest BCUT2D eigenvalue weighted by molar-refractivity contribution is -0.121. The van der Waals surface area contributed by atoms with Crippen LogP contribution in [-0.2, 0) is 11.2 Å². The monoisotopic (exact) mass is 210 g/mol. The van der Waals surface area contributed by atoms with E-state index in [0.717, 1.165) is 18.5 Å². The number of aromatic amines is 1. The minimum Gasteiger partial charge on any atom is -0.356 e. The molecule has 0 spiro atoms. The average molecular weight is 210 g/mol. The van der Waals surface area contributed by atoms with Crippen molar-refractivity contribution < 1.29 is 4.79 Å². The van der Waals surface area contributed by atoms with E-state index in [-0.39, 0.29) is 11.9 Å². The minimum absolute atomic E-state index is 0.0175. The quantitative estimate of drug-likeness (QED) is 0.627. The van der Waals surface area contributed by atoms with Crippen molar-refractivity contribution in [2.45, 2.75) is 32.2 Å². The third-order valence-electron chi connectivity index (χ3n) is 2.24. The lowest BCUT2D eigenvalue weighted by atomic mass is 10.1. The Morgan fingerprint density at radius 2 is 2.53 bits per heavy atom. The van der Waals surface area contributed by atoms with Gasteiger partial charge < -0.3 is 16.0 Å². The van der Waals surface area contributed by atoms with Crippen molar-refractivity contribution in [3.63, 3.8) is 0 Å². The summed E-state index contributed by atoms with van der Waals surface area (Å²) < 4.78 is 0. The van der Waals surface area contributed by atoms with Gasteiger partial charge in [0, 0.05) is 37.3 Å². The Hall–Kier alpha value is -1.36. The first-order chi connectivity index (χ1) is 7.22. The van der Waals surface area contributed by atoms with Crippen molar-refractivity contribution in [2.24, 2.45) is 5.73 Å². The van der Waals surface area contributed by atoms with Crippen LogP contribution in [0, 0.1) is 0 Å². The highest BCUT2D eigenvalue weighted by molar-refractivity contribution is 5.76. The predicted molar refractivity (Wildman–Crippen MR) is 58.2 cm³/mol. The molecule has 1 amide bonds. The molecule has 4 N–H and O–H groups in total. The Morgan fingerprint density at radius 3 is 3.13 bits per heavy atom. The molecule has 5 heteroatoms. The molecule has 1 aromatic heterocycles. The second-order valence-electron chi connectivity index (χ2n) is 3.55. The number of hydrogen-bond donors (Lipinski definition) is 3. The molecule has 0 radical (unpaired) electrons. The van der Waals surface area contributed by atoms with Crippen LogP contribution in [0.3, 0.4) is 0 Å². The van der Waals surface area contributed by atoms with Gasteiger partial charge in [-0.2, -0.15) is 0 Å². The van der Waals surface area contributed by atoms with Crippen molar-refractivity contribution in [2.75, 3.05) is 6.54 Å². The van der Waals surface area contributed by atoms with Gasteiger partial charge in [0.1, 0.15) is 0 Å². The molecule has 0 aliphatic carbocycles. The fourth-order valence-electron chi connectivity index (χ4n) is 1.21. The summed E-state index contributed by atoms with van der Waals surface area (Å²) in [5.41, 5.74) is 6.69. The molecule has 1 atom stereocenters. The molecule has 84 valence electrons. The number of H-pyrrole nitrogens is 1. The molecule has 1 aromatic rings. The second-order valence-corrected chi connectivity index (χ2v) is 3.55. The number of nitrogens with one attached hydrogen (secondary N) is 2. The van der Waals surface area contributed by atoms with Crippen molar-refractivity contribution >= 4 is 5.91 Å². The van der Waals surface area contributed by atoms with E-state index in [2.05, 4.69) is 15.3 Å². The number of rotatable bonds is 6. The number of nitrogens with zero attached hydrogens (tertiary/aromatic N) is 1. The maximum absolute atomic E-state index is 11.3. The average Bonchev–Trinajstić information content (AvgIpc) is 2.70. The van der Waals surface area contributed by atoms with Crippen LogP contribution in [0.5, 0.6) is 0 Å². The van der Waals surface area contributed by atoms with E-state index in [1.54, 1.807) is 12.5 Å². The SMILES string of the molecule is CCC(N)CC(=O)NCCc1cnc[nH]1. The van der Waals surface area contributed by atoms with Crippen molar-refractivity contribution in [1.82, 2.24) is 15.3 Å². The molecule has 0 saturated carbocycles. The fourth-order valence-corrected chi connectivity index (χ4v) is 1.21. The second kappa shape index (κ2) is 6.19. The van der Waals surface area contributed by atoms with Crippen LogP contribution in [-0.4, -0.2) is 28.5 Å². The number of carbonyl (C=O) groups excluding carboxylic acids is 1. The molecule has 0 aliphatic heterocycles. The lowest BCUT2D eigenvalue weighted by Crippen LogP contribution is -2.32. The lowest BCUT2D eigenvalue weighted by Gasteiger charge is -2.08. The van der Waals surface area contributed by atoms with Gasteiger partial charge in [0.25, 0.3) is 0 Å². The molecule has 0 fully saturated rings. The maximum atomic E-state index is 11.3. The Balaban J connectivity index is 2.12. The van der Waals surface area contributed by atoms with Crippen LogP contribution in [0.25, 0.3) is 0 Å². The summed E-state index contributed by atoms with van der Waals surface area (Å²) in [4.78, 5) is 18.2. The smallest absolute Gasteiger partial charge is 0.221 e. The molecular formula is C10H18N4O. The topological polar surface area (TPSA) is 83.8 Å². The molecule has 1 heterocycles. The Morgan fingerprint density at radius 1 is 1.73 bits per heavy atom. The first-order valence-corrected chi connectivity index (χ1v) is 5.22. The third-order valence-corrected chi connectivity index (χ3v) is 2.24. The third kappa shape index (κ3) is 4.60. The van der Waals surface area contributed by atoms with Crippen LogP contribution < -0.4 is 11.1 Å². The zero-order chi connectivity index (χ0) is 11.1. The Bertz CT molecular complexity index is 284. The molecule has 1 unspecified atom stereocenters. The van der Waals surface area contributed by atoms with Crippen LogP contribution in [0.2, 0.25) is 0 Å². The van der Waals surface area contributed by atoms with Crippen molar-refractivity contribution in [1.29, 1.82) is 0 Å². The van der Waals surface area contributed by atoms with Crippen LogP contribution in [0.4, 0.5) is 0 Å². The van der Waals surface area contributed by atoms with E-state index in [4.69, 9.17) is 5.73 Å². The molecule has 0 aromatic carbocycles. The molecule has 1 rings (SSSR count). The minimum atomic E-state index is -0.0304. The summed E-state index contributed by atoms with van der Waals surface area (Å²) >= 11 is 0. The number of amides is 1. The zero-order valence-electron chi connectivity index (χ0n) is 8.99. The highest BCUT2D eigenvalue weighted by Crippen LogP contribution is 1.94. The molecule has 0 bridgehead atoms. The molecular weight excluding hydrogens is 192 g/mol. The van der Waals surface area contributed by atoms with Gasteiger partial charge in [-0.05, 0) is 6.42 Å². The number of imidazole rings is 1. The van der Waals surface area contributed by atoms with Gasteiger partial charge in [-0.3, -0.25) is 4.79 Å². The van der Waals surface area contributed by atoms with Gasteiger partial charge >= 0.3 is 0 Å². The maximum Gasteiger partial charge on any atom is 0.221 e. The number of nitrogens with two attached hydrogens (primary N) is 1. The van der Waals surface area contributed by atoms with E-state index in [9.17, 15) is 4.79 Å². The number of carbonyl (C=O) groups is 1. The molecule has 5 nitrogen and oxygen atoms in total. The zero-order valence-corrected chi connectivity index (χ0v) is 8.99. The van der Waals surface area contributed by atoms with Gasteiger partial charge in [-0.1, -0.05) is 6.92 Å². The summed E-state index contributed by atoms with van der Waals surface area (Å²) in [5, 5.41) is 2.82. The number of hydrogen-bond acceptors (Lipinski definition) is 3. The van der Waals surface area contributed by atoms with E-state index >= 15 is 0 Å². The molecule has 15 heavy (non-hydrogen) atoms. The summed E-state index contributed by atoms with van der Waals surface area (Å²) in [5.74, 6) is 0.0175. The van der Waals surface area contributed by atoms with Gasteiger partial charge in [0.15, 0.2) is 0 Å². The van der Waals surface area contributed by atoms with Crippen LogP contribution in [0.1, 0.15) is 25.5 Å². The van der Waals surface area contributed by atoms with Gasteiger partial charge in [-0.25, -0.2) is 4.98 Å². The van der Waals surface area contributed by atoms with E-state index < -0.39 is 0 Å². The largest absolute Gasteiger partial charge is 0.356 e. The van der Waals surface area contributed by atoms with Crippen molar-refractivity contribution in [3.8, 4) is 0 Å². The standard InChI is InChI=1S/C10H18N4O/c1-2-8(11)5-10(15)13-4-3-9-6-12-7-14-9/h6-8H,2-5,11H2,1H3,(H,12,14)(H,13,15). The van der Waals surface area contributed by atoms with Gasteiger partial charge in [0.05, 0.1) is 6.33 Å². The van der Waals surface area contributed by atoms with E-state index in [0.29, 0.717) is 13.0 Å². The van der Waals surface area contributed by atoms with E-state index in [1.165, 1.54) is 0 Å².